The first-order chi connectivity index (χ1) is 11.8. The zero-order valence-corrected chi connectivity index (χ0v) is 15.9. The van der Waals surface area contributed by atoms with Gasteiger partial charge in [0.1, 0.15) is 0 Å². The maximum atomic E-state index is 12.6. The largest absolute Gasteiger partial charge is 0.342 e. The van der Waals surface area contributed by atoms with Gasteiger partial charge in [0.25, 0.3) is 15.9 Å². The molecule has 0 unspecified atom stereocenters. The molecule has 0 radical (unpaired) electrons. The van der Waals surface area contributed by atoms with Crippen LogP contribution in [-0.4, -0.2) is 32.8 Å². The SMILES string of the molecule is CCCN(C)C(=O)c1ccc(S(=O)(=O)Nc2cccc(C)c2C)cc1. The number of hydrogen-bond donors (Lipinski definition) is 1. The zero-order chi connectivity index (χ0) is 18.6. The second kappa shape index (κ2) is 7.70. The molecule has 5 nitrogen and oxygen atoms in total. The third kappa shape index (κ3) is 4.39. The van der Waals surface area contributed by atoms with Crippen molar-refractivity contribution in [2.24, 2.45) is 0 Å². The van der Waals surface area contributed by atoms with Crippen LogP contribution in [0, 0.1) is 13.8 Å². The minimum Gasteiger partial charge on any atom is -0.342 e. The van der Waals surface area contributed by atoms with Crippen LogP contribution in [0.25, 0.3) is 0 Å². The fraction of sp³-hybridized carbons (Fsp3) is 0.316. The van der Waals surface area contributed by atoms with Crippen LogP contribution in [0.1, 0.15) is 34.8 Å². The van der Waals surface area contributed by atoms with Crippen molar-refractivity contribution >= 4 is 21.6 Å². The van der Waals surface area contributed by atoms with Gasteiger partial charge < -0.3 is 4.90 Å². The van der Waals surface area contributed by atoms with E-state index in [1.807, 2.05) is 32.9 Å². The second-order valence-corrected chi connectivity index (χ2v) is 7.79. The first kappa shape index (κ1) is 19.0. The summed E-state index contributed by atoms with van der Waals surface area (Å²) in [7, 11) is -1.97. The van der Waals surface area contributed by atoms with Crippen LogP contribution >= 0.6 is 0 Å². The van der Waals surface area contributed by atoms with E-state index in [1.165, 1.54) is 12.1 Å². The van der Waals surface area contributed by atoms with Crippen LogP contribution in [0.4, 0.5) is 5.69 Å². The lowest BCUT2D eigenvalue weighted by Crippen LogP contribution is -2.27. The van der Waals surface area contributed by atoms with Gasteiger partial charge in [-0.15, -0.1) is 0 Å². The van der Waals surface area contributed by atoms with Crippen molar-refractivity contribution in [3.8, 4) is 0 Å². The molecule has 0 bridgehead atoms. The van der Waals surface area contributed by atoms with Gasteiger partial charge in [-0.1, -0.05) is 19.1 Å². The predicted octanol–water partition coefficient (Wildman–Crippen LogP) is 3.59. The van der Waals surface area contributed by atoms with E-state index in [-0.39, 0.29) is 10.8 Å². The number of benzene rings is 2. The van der Waals surface area contributed by atoms with Gasteiger partial charge in [-0.25, -0.2) is 8.42 Å². The summed E-state index contributed by atoms with van der Waals surface area (Å²) in [6, 6.07) is 11.5. The van der Waals surface area contributed by atoms with Crippen LogP contribution < -0.4 is 4.72 Å². The Morgan fingerprint density at radius 2 is 1.72 bits per heavy atom. The molecule has 0 aromatic heterocycles. The van der Waals surface area contributed by atoms with Gasteiger partial charge in [-0.2, -0.15) is 0 Å². The smallest absolute Gasteiger partial charge is 0.261 e. The van der Waals surface area contributed by atoms with Crippen LogP contribution in [0.2, 0.25) is 0 Å². The van der Waals surface area contributed by atoms with E-state index < -0.39 is 10.0 Å². The molecule has 2 rings (SSSR count). The molecule has 6 heteroatoms. The first-order valence-corrected chi connectivity index (χ1v) is 9.69. The van der Waals surface area contributed by atoms with E-state index in [4.69, 9.17) is 0 Å². The molecule has 1 amide bonds. The molecule has 0 spiro atoms. The molecule has 0 atom stereocenters. The highest BCUT2D eigenvalue weighted by Crippen LogP contribution is 2.22. The Labute approximate surface area is 149 Å². The number of nitrogens with one attached hydrogen (secondary N) is 1. The third-order valence-corrected chi connectivity index (χ3v) is 5.55. The number of rotatable bonds is 6. The van der Waals surface area contributed by atoms with Gasteiger partial charge in [-0.3, -0.25) is 9.52 Å². The number of hydrogen-bond acceptors (Lipinski definition) is 3. The van der Waals surface area contributed by atoms with E-state index in [0.717, 1.165) is 17.5 Å². The van der Waals surface area contributed by atoms with Crippen molar-refractivity contribution in [2.75, 3.05) is 18.3 Å². The molecule has 2 aromatic carbocycles. The Hall–Kier alpha value is -2.34. The van der Waals surface area contributed by atoms with E-state index >= 15 is 0 Å². The monoisotopic (exact) mass is 360 g/mol. The lowest BCUT2D eigenvalue weighted by Gasteiger charge is -2.16. The van der Waals surface area contributed by atoms with Gasteiger partial charge in [-0.05, 0) is 61.7 Å². The zero-order valence-electron chi connectivity index (χ0n) is 15.0. The van der Waals surface area contributed by atoms with E-state index in [2.05, 4.69) is 4.72 Å². The number of sulfonamides is 1. The van der Waals surface area contributed by atoms with Crippen molar-refractivity contribution in [2.45, 2.75) is 32.1 Å². The summed E-state index contributed by atoms with van der Waals surface area (Å²) in [5.74, 6) is -0.117. The minimum atomic E-state index is -3.70. The fourth-order valence-electron chi connectivity index (χ4n) is 2.50. The summed E-state index contributed by atoms with van der Waals surface area (Å²) in [5, 5.41) is 0. The lowest BCUT2D eigenvalue weighted by molar-refractivity contribution is 0.0795. The summed E-state index contributed by atoms with van der Waals surface area (Å²) in [6.07, 6.45) is 0.870. The Bertz CT molecular complexity index is 859. The third-order valence-electron chi connectivity index (χ3n) is 4.17. The molecule has 2 aromatic rings. The Morgan fingerprint density at radius 1 is 1.08 bits per heavy atom. The Morgan fingerprint density at radius 3 is 2.32 bits per heavy atom. The van der Waals surface area contributed by atoms with Gasteiger partial charge >= 0.3 is 0 Å². The molecule has 134 valence electrons. The van der Waals surface area contributed by atoms with Gasteiger partial charge in [0.15, 0.2) is 0 Å². The molecular weight excluding hydrogens is 336 g/mol. The summed E-state index contributed by atoms with van der Waals surface area (Å²) < 4.78 is 27.8. The van der Waals surface area contributed by atoms with Gasteiger partial charge in [0.2, 0.25) is 0 Å². The molecule has 1 N–H and O–H groups in total. The van der Waals surface area contributed by atoms with E-state index in [1.54, 1.807) is 30.1 Å². The molecule has 0 aliphatic carbocycles. The molecular formula is C19H24N2O3S. The van der Waals surface area contributed by atoms with Crippen LogP contribution in [0.5, 0.6) is 0 Å². The highest BCUT2D eigenvalue weighted by atomic mass is 32.2. The van der Waals surface area contributed by atoms with Crippen LogP contribution in [0.3, 0.4) is 0 Å². The van der Waals surface area contributed by atoms with Crippen molar-refractivity contribution in [3.63, 3.8) is 0 Å². The summed E-state index contributed by atoms with van der Waals surface area (Å²) in [6.45, 7) is 6.46. The van der Waals surface area contributed by atoms with E-state index in [0.29, 0.717) is 17.8 Å². The topological polar surface area (TPSA) is 66.5 Å². The number of carbonyl (C=O) groups is 1. The summed E-state index contributed by atoms with van der Waals surface area (Å²) >= 11 is 0. The highest BCUT2D eigenvalue weighted by Gasteiger charge is 2.17. The fourth-order valence-corrected chi connectivity index (χ4v) is 3.62. The average molecular weight is 360 g/mol. The number of carbonyl (C=O) groups excluding carboxylic acids is 1. The summed E-state index contributed by atoms with van der Waals surface area (Å²) in [4.78, 5) is 14.0. The quantitative estimate of drug-likeness (QED) is 0.856. The van der Waals surface area contributed by atoms with Crippen molar-refractivity contribution in [3.05, 3.63) is 59.2 Å². The van der Waals surface area contributed by atoms with Crippen molar-refractivity contribution < 1.29 is 13.2 Å². The molecule has 0 fully saturated rings. The number of amides is 1. The second-order valence-electron chi connectivity index (χ2n) is 6.10. The van der Waals surface area contributed by atoms with Crippen LogP contribution in [0.15, 0.2) is 47.4 Å². The lowest BCUT2D eigenvalue weighted by atomic mass is 10.1. The van der Waals surface area contributed by atoms with E-state index in [9.17, 15) is 13.2 Å². The molecule has 0 aliphatic heterocycles. The van der Waals surface area contributed by atoms with Gasteiger partial charge in [0, 0.05) is 19.2 Å². The van der Waals surface area contributed by atoms with Crippen molar-refractivity contribution in [1.29, 1.82) is 0 Å². The molecule has 25 heavy (non-hydrogen) atoms. The molecule has 0 aliphatic rings. The van der Waals surface area contributed by atoms with Gasteiger partial charge in [0.05, 0.1) is 10.6 Å². The first-order valence-electron chi connectivity index (χ1n) is 8.21. The number of aryl methyl sites for hydroxylation is 1. The number of nitrogens with zero attached hydrogens (tertiary/aromatic N) is 1. The maximum absolute atomic E-state index is 12.6. The predicted molar refractivity (Wildman–Crippen MR) is 100 cm³/mol. The van der Waals surface area contributed by atoms with Crippen LogP contribution in [-0.2, 0) is 10.0 Å². The van der Waals surface area contributed by atoms with Crippen molar-refractivity contribution in [1.82, 2.24) is 4.90 Å². The molecule has 0 heterocycles. The Balaban J connectivity index is 2.23. The normalized spacial score (nSPS) is 11.2. The summed E-state index contributed by atoms with van der Waals surface area (Å²) in [5.41, 5.74) is 2.93. The number of anilines is 1. The molecule has 0 saturated heterocycles. The Kier molecular flexibility index (Phi) is 5.85. The standard InChI is InChI=1S/C19H24N2O3S/c1-5-13-21(4)19(22)16-9-11-17(12-10-16)25(23,24)20-18-8-6-7-14(2)15(18)3/h6-12,20H,5,13H2,1-4H3. The molecule has 0 saturated carbocycles. The maximum Gasteiger partial charge on any atom is 0.261 e. The average Bonchev–Trinajstić information content (AvgIpc) is 2.58. The highest BCUT2D eigenvalue weighted by molar-refractivity contribution is 7.92. The minimum absolute atomic E-state index is 0.117.